The predicted octanol–water partition coefficient (Wildman–Crippen LogP) is 0.276. The highest BCUT2D eigenvalue weighted by Crippen LogP contribution is 2.15. The summed E-state index contributed by atoms with van der Waals surface area (Å²) in [5.74, 6) is 0.0727. The molecule has 0 aromatic rings. The van der Waals surface area contributed by atoms with Crippen LogP contribution in [0.25, 0.3) is 0 Å². The van der Waals surface area contributed by atoms with Gasteiger partial charge in [0.15, 0.2) is 0 Å². The molecule has 1 heterocycles. The summed E-state index contributed by atoms with van der Waals surface area (Å²) in [4.78, 5) is 15.9. The van der Waals surface area contributed by atoms with Crippen molar-refractivity contribution in [1.82, 2.24) is 9.80 Å². The molecule has 1 atom stereocenters. The van der Waals surface area contributed by atoms with E-state index in [2.05, 4.69) is 25.7 Å². The number of carbonyl (C=O) groups excluding carboxylic acids is 1. The number of nitrogens with two attached hydrogens (primary N) is 1. The monoisotopic (exact) mass is 213 g/mol. The Balaban J connectivity index is 2.46. The minimum atomic E-state index is -0.369. The lowest BCUT2D eigenvalue weighted by Crippen LogP contribution is -2.56. The van der Waals surface area contributed by atoms with Gasteiger partial charge in [-0.2, -0.15) is 0 Å². The second-order valence-corrected chi connectivity index (χ2v) is 5.27. The fraction of sp³-hybridized carbons (Fsp3) is 0.909. The van der Waals surface area contributed by atoms with E-state index in [0.717, 1.165) is 26.2 Å². The summed E-state index contributed by atoms with van der Waals surface area (Å²) in [6.45, 7) is 11.9. The molecule has 1 saturated heterocycles. The summed E-state index contributed by atoms with van der Waals surface area (Å²) in [5, 5.41) is 0. The lowest BCUT2D eigenvalue weighted by atomic mass is 10.0. The fourth-order valence-electron chi connectivity index (χ4n) is 1.89. The number of piperazine rings is 1. The van der Waals surface area contributed by atoms with Crippen LogP contribution in [-0.4, -0.2) is 53.5 Å². The predicted molar refractivity (Wildman–Crippen MR) is 61.6 cm³/mol. The lowest BCUT2D eigenvalue weighted by molar-refractivity contribution is -0.134. The molecule has 1 aliphatic heterocycles. The molecule has 1 fully saturated rings. The van der Waals surface area contributed by atoms with E-state index in [0.29, 0.717) is 0 Å². The smallest absolute Gasteiger partial charge is 0.239 e. The highest BCUT2D eigenvalue weighted by atomic mass is 16.2. The Bertz CT molecular complexity index is 224. The van der Waals surface area contributed by atoms with E-state index in [4.69, 9.17) is 5.73 Å². The highest BCUT2D eigenvalue weighted by molar-refractivity contribution is 5.81. The maximum Gasteiger partial charge on any atom is 0.239 e. The largest absolute Gasteiger partial charge is 0.339 e. The van der Waals surface area contributed by atoms with Crippen LogP contribution in [-0.2, 0) is 4.79 Å². The molecule has 0 aromatic carbocycles. The van der Waals surface area contributed by atoms with Gasteiger partial charge < -0.3 is 10.6 Å². The van der Waals surface area contributed by atoms with Gasteiger partial charge in [0.1, 0.15) is 0 Å². The second-order valence-electron chi connectivity index (χ2n) is 5.27. The van der Waals surface area contributed by atoms with E-state index in [1.807, 2.05) is 4.90 Å². The Morgan fingerprint density at radius 1 is 1.20 bits per heavy atom. The van der Waals surface area contributed by atoms with Crippen molar-refractivity contribution in [3.8, 4) is 0 Å². The fourth-order valence-corrected chi connectivity index (χ4v) is 1.89. The molecular weight excluding hydrogens is 190 g/mol. The summed E-state index contributed by atoms with van der Waals surface area (Å²) < 4.78 is 0. The Morgan fingerprint density at radius 3 is 2.00 bits per heavy atom. The summed E-state index contributed by atoms with van der Waals surface area (Å²) in [7, 11) is 0. The molecular formula is C11H23N3O. The molecule has 0 bridgehead atoms. The van der Waals surface area contributed by atoms with E-state index in [1.165, 1.54) is 0 Å². The number of hydrogen-bond acceptors (Lipinski definition) is 3. The van der Waals surface area contributed by atoms with Crippen molar-refractivity contribution >= 4 is 5.91 Å². The quantitative estimate of drug-likeness (QED) is 0.680. The molecule has 1 rings (SSSR count). The van der Waals surface area contributed by atoms with E-state index in [-0.39, 0.29) is 17.5 Å². The van der Waals surface area contributed by atoms with Crippen molar-refractivity contribution < 1.29 is 4.79 Å². The first kappa shape index (κ1) is 12.5. The van der Waals surface area contributed by atoms with Gasteiger partial charge in [-0.25, -0.2) is 0 Å². The molecule has 15 heavy (non-hydrogen) atoms. The molecule has 0 saturated carbocycles. The third kappa shape index (κ3) is 3.18. The Morgan fingerprint density at radius 2 is 1.67 bits per heavy atom. The zero-order valence-corrected chi connectivity index (χ0v) is 10.3. The van der Waals surface area contributed by atoms with Gasteiger partial charge in [0.2, 0.25) is 5.91 Å². The average Bonchev–Trinajstić information content (AvgIpc) is 2.15. The van der Waals surface area contributed by atoms with Crippen LogP contribution in [0.3, 0.4) is 0 Å². The molecule has 88 valence electrons. The Labute approximate surface area is 92.4 Å². The zero-order chi connectivity index (χ0) is 11.6. The number of amides is 1. The lowest BCUT2D eigenvalue weighted by Gasteiger charge is -2.42. The number of hydrogen-bond donors (Lipinski definition) is 1. The summed E-state index contributed by atoms with van der Waals surface area (Å²) in [6, 6.07) is -0.369. The summed E-state index contributed by atoms with van der Waals surface area (Å²) >= 11 is 0. The minimum Gasteiger partial charge on any atom is -0.339 e. The molecule has 0 spiro atoms. The van der Waals surface area contributed by atoms with Gasteiger partial charge in [0.05, 0.1) is 6.04 Å². The van der Waals surface area contributed by atoms with Gasteiger partial charge in [-0.3, -0.25) is 9.69 Å². The second kappa shape index (κ2) is 4.49. The van der Waals surface area contributed by atoms with Crippen LogP contribution in [0.15, 0.2) is 0 Å². The van der Waals surface area contributed by atoms with Crippen molar-refractivity contribution in [1.29, 1.82) is 0 Å². The van der Waals surface area contributed by atoms with Crippen molar-refractivity contribution in [3.05, 3.63) is 0 Å². The maximum absolute atomic E-state index is 11.6. The van der Waals surface area contributed by atoms with E-state index >= 15 is 0 Å². The molecule has 4 heteroatoms. The van der Waals surface area contributed by atoms with Crippen molar-refractivity contribution in [2.24, 2.45) is 5.73 Å². The molecule has 1 amide bonds. The van der Waals surface area contributed by atoms with E-state index in [1.54, 1.807) is 6.92 Å². The highest BCUT2D eigenvalue weighted by Gasteiger charge is 2.28. The zero-order valence-electron chi connectivity index (χ0n) is 10.3. The van der Waals surface area contributed by atoms with Crippen LogP contribution in [0.4, 0.5) is 0 Å². The van der Waals surface area contributed by atoms with E-state index < -0.39 is 0 Å². The van der Waals surface area contributed by atoms with Gasteiger partial charge >= 0.3 is 0 Å². The van der Waals surface area contributed by atoms with Crippen molar-refractivity contribution in [3.63, 3.8) is 0 Å². The number of nitrogens with zero attached hydrogens (tertiary/aromatic N) is 2. The third-order valence-corrected chi connectivity index (χ3v) is 2.93. The molecule has 1 aliphatic rings. The van der Waals surface area contributed by atoms with Gasteiger partial charge in [-0.1, -0.05) is 0 Å². The van der Waals surface area contributed by atoms with Gasteiger partial charge in [-0.05, 0) is 27.7 Å². The van der Waals surface area contributed by atoms with Crippen LogP contribution >= 0.6 is 0 Å². The first-order valence-electron chi connectivity index (χ1n) is 5.62. The number of carbonyl (C=O) groups is 1. The van der Waals surface area contributed by atoms with Crippen LogP contribution in [0, 0.1) is 0 Å². The average molecular weight is 213 g/mol. The van der Waals surface area contributed by atoms with Gasteiger partial charge in [-0.15, -0.1) is 0 Å². The topological polar surface area (TPSA) is 49.6 Å². The minimum absolute atomic E-state index is 0.0727. The third-order valence-electron chi connectivity index (χ3n) is 2.93. The van der Waals surface area contributed by atoms with Crippen molar-refractivity contribution in [2.45, 2.75) is 39.3 Å². The first-order valence-corrected chi connectivity index (χ1v) is 5.62. The Hall–Kier alpha value is -0.610. The molecule has 2 N–H and O–H groups in total. The molecule has 0 radical (unpaired) electrons. The van der Waals surface area contributed by atoms with Crippen LogP contribution in [0.2, 0.25) is 0 Å². The summed E-state index contributed by atoms with van der Waals surface area (Å²) in [6.07, 6.45) is 0. The van der Waals surface area contributed by atoms with E-state index in [9.17, 15) is 4.79 Å². The molecule has 0 aliphatic carbocycles. The van der Waals surface area contributed by atoms with Gasteiger partial charge in [0.25, 0.3) is 0 Å². The van der Waals surface area contributed by atoms with Crippen LogP contribution in [0.1, 0.15) is 27.7 Å². The van der Waals surface area contributed by atoms with Gasteiger partial charge in [0, 0.05) is 31.7 Å². The summed E-state index contributed by atoms with van der Waals surface area (Å²) in [5.41, 5.74) is 5.78. The molecule has 0 aromatic heterocycles. The molecule has 1 unspecified atom stereocenters. The maximum atomic E-state index is 11.6. The SMILES string of the molecule is CC(N)C(=O)N1CCN(C(C)(C)C)CC1. The standard InChI is InChI=1S/C11H23N3O/c1-9(12)10(15)13-5-7-14(8-6-13)11(2,3)4/h9H,5-8,12H2,1-4H3. The Kier molecular flexibility index (Phi) is 3.73. The van der Waals surface area contributed by atoms with Crippen molar-refractivity contribution in [2.75, 3.05) is 26.2 Å². The van der Waals surface area contributed by atoms with Crippen LogP contribution in [0.5, 0.6) is 0 Å². The first-order chi connectivity index (χ1) is 6.82. The normalized spacial score (nSPS) is 21.5. The molecule has 4 nitrogen and oxygen atoms in total. The number of rotatable bonds is 1. The van der Waals surface area contributed by atoms with Crippen LogP contribution < -0.4 is 5.73 Å².